The van der Waals surface area contributed by atoms with Crippen LogP contribution < -0.4 is 5.32 Å². The molecule has 0 atom stereocenters. The highest BCUT2D eigenvalue weighted by Gasteiger charge is 2.24. The molecule has 0 saturated carbocycles. The SMILES string of the molecule is Cc1cc(NC(=O)CN2CCN(S(C)(=O)=O)CC2)ccc1Br. The van der Waals surface area contributed by atoms with Crippen LogP contribution in [-0.4, -0.2) is 62.5 Å². The van der Waals surface area contributed by atoms with Gasteiger partial charge in [-0.1, -0.05) is 15.9 Å². The summed E-state index contributed by atoms with van der Waals surface area (Å²) >= 11 is 3.42. The summed E-state index contributed by atoms with van der Waals surface area (Å²) in [4.78, 5) is 14.0. The molecule has 22 heavy (non-hydrogen) atoms. The molecule has 1 amide bonds. The maximum atomic E-state index is 12.1. The van der Waals surface area contributed by atoms with Gasteiger partial charge < -0.3 is 5.32 Å². The van der Waals surface area contributed by atoms with Gasteiger partial charge in [0.2, 0.25) is 15.9 Å². The molecule has 1 aliphatic heterocycles. The van der Waals surface area contributed by atoms with E-state index in [1.165, 1.54) is 10.6 Å². The van der Waals surface area contributed by atoms with Crippen LogP contribution in [0.25, 0.3) is 0 Å². The number of hydrogen-bond donors (Lipinski definition) is 1. The molecule has 0 bridgehead atoms. The maximum Gasteiger partial charge on any atom is 0.238 e. The first-order valence-electron chi connectivity index (χ1n) is 6.99. The van der Waals surface area contributed by atoms with Crippen LogP contribution in [0.1, 0.15) is 5.56 Å². The second-order valence-corrected chi connectivity index (χ2v) is 8.29. The van der Waals surface area contributed by atoms with Crippen molar-refractivity contribution in [2.45, 2.75) is 6.92 Å². The Labute approximate surface area is 139 Å². The number of piperazine rings is 1. The number of benzene rings is 1. The first-order chi connectivity index (χ1) is 10.3. The lowest BCUT2D eigenvalue weighted by Gasteiger charge is -2.32. The third-order valence-corrected chi connectivity index (χ3v) is 5.80. The van der Waals surface area contributed by atoms with Crippen molar-refractivity contribution >= 4 is 37.5 Å². The van der Waals surface area contributed by atoms with Crippen LogP contribution in [0.4, 0.5) is 5.69 Å². The number of anilines is 1. The largest absolute Gasteiger partial charge is 0.325 e. The van der Waals surface area contributed by atoms with E-state index < -0.39 is 10.0 Å². The molecule has 122 valence electrons. The molecule has 1 N–H and O–H groups in total. The Hall–Kier alpha value is -0.960. The highest BCUT2D eigenvalue weighted by molar-refractivity contribution is 9.10. The fraction of sp³-hybridized carbons (Fsp3) is 0.500. The number of carbonyl (C=O) groups is 1. The van der Waals surface area contributed by atoms with Gasteiger partial charge in [0.25, 0.3) is 0 Å². The number of halogens is 1. The minimum absolute atomic E-state index is 0.0884. The van der Waals surface area contributed by atoms with Gasteiger partial charge >= 0.3 is 0 Å². The van der Waals surface area contributed by atoms with E-state index in [1.54, 1.807) is 0 Å². The van der Waals surface area contributed by atoms with Gasteiger partial charge in [0.15, 0.2) is 0 Å². The summed E-state index contributed by atoms with van der Waals surface area (Å²) in [6.07, 6.45) is 1.21. The topological polar surface area (TPSA) is 69.7 Å². The van der Waals surface area contributed by atoms with Crippen molar-refractivity contribution in [1.82, 2.24) is 9.21 Å². The molecule has 0 aliphatic carbocycles. The van der Waals surface area contributed by atoms with Crippen molar-refractivity contribution < 1.29 is 13.2 Å². The van der Waals surface area contributed by atoms with Gasteiger partial charge in [-0.25, -0.2) is 8.42 Å². The van der Waals surface area contributed by atoms with Crippen molar-refractivity contribution in [1.29, 1.82) is 0 Å². The van der Waals surface area contributed by atoms with Crippen LogP contribution in [0.5, 0.6) is 0 Å². The number of nitrogens with one attached hydrogen (secondary N) is 1. The molecular weight excluding hydrogens is 370 g/mol. The first-order valence-corrected chi connectivity index (χ1v) is 9.63. The fourth-order valence-electron chi connectivity index (χ4n) is 2.35. The second-order valence-electron chi connectivity index (χ2n) is 5.45. The lowest BCUT2D eigenvalue weighted by Crippen LogP contribution is -2.50. The highest BCUT2D eigenvalue weighted by atomic mass is 79.9. The van der Waals surface area contributed by atoms with E-state index in [2.05, 4.69) is 21.2 Å². The third-order valence-electron chi connectivity index (χ3n) is 3.61. The Bertz CT molecular complexity index is 655. The van der Waals surface area contributed by atoms with Crippen LogP contribution in [0, 0.1) is 6.92 Å². The van der Waals surface area contributed by atoms with Gasteiger partial charge in [-0.2, -0.15) is 4.31 Å². The van der Waals surface area contributed by atoms with Crippen LogP contribution in [0.3, 0.4) is 0 Å². The van der Waals surface area contributed by atoms with Gasteiger partial charge in [0.1, 0.15) is 0 Å². The van der Waals surface area contributed by atoms with E-state index in [9.17, 15) is 13.2 Å². The summed E-state index contributed by atoms with van der Waals surface area (Å²) in [6.45, 7) is 4.24. The fourth-order valence-corrected chi connectivity index (χ4v) is 3.42. The highest BCUT2D eigenvalue weighted by Crippen LogP contribution is 2.20. The van der Waals surface area contributed by atoms with Gasteiger partial charge in [-0.05, 0) is 30.7 Å². The normalized spacial score (nSPS) is 17.4. The van der Waals surface area contributed by atoms with E-state index in [-0.39, 0.29) is 12.5 Å². The Morgan fingerprint density at radius 1 is 1.27 bits per heavy atom. The quantitative estimate of drug-likeness (QED) is 0.841. The molecule has 2 rings (SSSR count). The smallest absolute Gasteiger partial charge is 0.238 e. The molecule has 0 unspecified atom stereocenters. The number of aryl methyl sites for hydroxylation is 1. The molecular formula is C14H20BrN3O3S. The van der Waals surface area contributed by atoms with E-state index in [0.717, 1.165) is 15.7 Å². The summed E-state index contributed by atoms with van der Waals surface area (Å²) in [6, 6.07) is 5.65. The number of rotatable bonds is 4. The molecule has 1 fully saturated rings. The number of sulfonamides is 1. The molecule has 8 heteroatoms. The van der Waals surface area contributed by atoms with Crippen molar-refractivity contribution in [3.8, 4) is 0 Å². The Morgan fingerprint density at radius 3 is 2.45 bits per heavy atom. The van der Waals surface area contributed by atoms with E-state index >= 15 is 0 Å². The monoisotopic (exact) mass is 389 g/mol. The molecule has 1 aromatic carbocycles. The van der Waals surface area contributed by atoms with Crippen molar-refractivity contribution in [3.63, 3.8) is 0 Å². The molecule has 1 heterocycles. The minimum atomic E-state index is -3.13. The zero-order chi connectivity index (χ0) is 16.3. The van der Waals surface area contributed by atoms with E-state index in [0.29, 0.717) is 26.2 Å². The average molecular weight is 390 g/mol. The van der Waals surface area contributed by atoms with Crippen molar-refractivity contribution in [3.05, 3.63) is 28.2 Å². The Morgan fingerprint density at radius 2 is 1.91 bits per heavy atom. The minimum Gasteiger partial charge on any atom is -0.325 e. The van der Waals surface area contributed by atoms with Gasteiger partial charge in [-0.3, -0.25) is 9.69 Å². The van der Waals surface area contributed by atoms with Crippen LogP contribution in [0.15, 0.2) is 22.7 Å². The van der Waals surface area contributed by atoms with Crippen LogP contribution >= 0.6 is 15.9 Å². The first kappa shape index (κ1) is 17.4. The Balaban J connectivity index is 1.84. The molecule has 0 spiro atoms. The molecule has 1 aliphatic rings. The van der Waals surface area contributed by atoms with Crippen LogP contribution in [0.2, 0.25) is 0 Å². The number of carbonyl (C=O) groups excluding carboxylic acids is 1. The second kappa shape index (κ2) is 7.08. The van der Waals surface area contributed by atoms with E-state index in [4.69, 9.17) is 0 Å². The third kappa shape index (κ3) is 4.77. The number of hydrogen-bond acceptors (Lipinski definition) is 4. The standard InChI is InChI=1S/C14H20BrN3O3S/c1-11-9-12(3-4-13(11)15)16-14(19)10-17-5-7-18(8-6-17)22(2,20)21/h3-4,9H,5-8,10H2,1-2H3,(H,16,19). The molecule has 1 saturated heterocycles. The lowest BCUT2D eigenvalue weighted by molar-refractivity contribution is -0.117. The molecule has 0 radical (unpaired) electrons. The predicted molar refractivity (Wildman–Crippen MR) is 90.4 cm³/mol. The van der Waals surface area contributed by atoms with Gasteiger partial charge in [0.05, 0.1) is 12.8 Å². The molecule has 6 nitrogen and oxygen atoms in total. The van der Waals surface area contributed by atoms with E-state index in [1.807, 2.05) is 30.0 Å². The average Bonchev–Trinajstić information content (AvgIpc) is 2.42. The van der Waals surface area contributed by atoms with Gasteiger partial charge in [-0.15, -0.1) is 0 Å². The van der Waals surface area contributed by atoms with Crippen molar-refractivity contribution in [2.24, 2.45) is 0 Å². The number of nitrogens with zero attached hydrogens (tertiary/aromatic N) is 2. The maximum absolute atomic E-state index is 12.1. The zero-order valence-corrected chi connectivity index (χ0v) is 15.1. The Kier molecular flexibility index (Phi) is 5.60. The molecule has 0 aromatic heterocycles. The lowest BCUT2D eigenvalue weighted by atomic mass is 10.2. The number of amides is 1. The summed E-state index contributed by atoms with van der Waals surface area (Å²) < 4.78 is 25.3. The van der Waals surface area contributed by atoms with Gasteiger partial charge in [0, 0.05) is 36.3 Å². The predicted octanol–water partition coefficient (Wildman–Crippen LogP) is 1.27. The summed E-state index contributed by atoms with van der Waals surface area (Å²) in [5.41, 5.74) is 1.82. The van der Waals surface area contributed by atoms with Crippen molar-refractivity contribution in [2.75, 3.05) is 44.3 Å². The summed E-state index contributed by atoms with van der Waals surface area (Å²) in [5.74, 6) is -0.0884. The molecule has 1 aromatic rings. The van der Waals surface area contributed by atoms with Crippen LogP contribution in [-0.2, 0) is 14.8 Å². The zero-order valence-electron chi connectivity index (χ0n) is 12.7. The summed E-state index contributed by atoms with van der Waals surface area (Å²) in [5, 5.41) is 2.87. The summed E-state index contributed by atoms with van der Waals surface area (Å²) in [7, 11) is -3.13.